The van der Waals surface area contributed by atoms with Crippen LogP contribution in [0.4, 0.5) is 0 Å². The van der Waals surface area contributed by atoms with Gasteiger partial charge in [0.25, 0.3) is 0 Å². The van der Waals surface area contributed by atoms with Crippen LogP contribution in [0.2, 0.25) is 0 Å². The van der Waals surface area contributed by atoms with Gasteiger partial charge in [-0.1, -0.05) is 56.3 Å². The van der Waals surface area contributed by atoms with E-state index in [1.807, 2.05) is 25.1 Å². The summed E-state index contributed by atoms with van der Waals surface area (Å²) in [5, 5.41) is 0. The highest BCUT2D eigenvalue weighted by Crippen LogP contribution is 2.44. The standard InChI is InChI=1S/C28H28O3/c1-5-31-27(29)21-11-8-19(9-12-21)6-7-20-10-15-26-25(16-20)24-17-23(30-4)14-13-22(24)18-28(26,2)3/h6-17H,5,18H2,1-4H3/b7-6+. The van der Waals surface area contributed by atoms with Gasteiger partial charge in [0.05, 0.1) is 19.3 Å². The van der Waals surface area contributed by atoms with Crippen molar-refractivity contribution < 1.29 is 14.3 Å². The van der Waals surface area contributed by atoms with Crippen LogP contribution in [0.1, 0.15) is 53.4 Å². The van der Waals surface area contributed by atoms with Gasteiger partial charge in [-0.15, -0.1) is 0 Å². The summed E-state index contributed by atoms with van der Waals surface area (Å²) >= 11 is 0. The zero-order valence-corrected chi connectivity index (χ0v) is 18.6. The number of carbonyl (C=O) groups is 1. The average molecular weight is 413 g/mol. The average Bonchev–Trinajstić information content (AvgIpc) is 2.77. The first-order valence-electron chi connectivity index (χ1n) is 10.7. The van der Waals surface area contributed by atoms with Crippen molar-refractivity contribution in [2.24, 2.45) is 0 Å². The van der Waals surface area contributed by atoms with Gasteiger partial charge in [-0.05, 0) is 82.5 Å². The highest BCUT2D eigenvalue weighted by atomic mass is 16.5. The molecule has 0 saturated carbocycles. The number of esters is 1. The Hall–Kier alpha value is -3.33. The predicted octanol–water partition coefficient (Wildman–Crippen LogP) is 6.54. The molecular weight excluding hydrogens is 384 g/mol. The molecule has 0 aromatic heterocycles. The summed E-state index contributed by atoms with van der Waals surface area (Å²) in [6.45, 7) is 6.80. The second-order valence-electron chi connectivity index (χ2n) is 8.56. The van der Waals surface area contributed by atoms with E-state index in [1.165, 1.54) is 22.3 Å². The minimum absolute atomic E-state index is 0.0854. The summed E-state index contributed by atoms with van der Waals surface area (Å²) in [6.07, 6.45) is 5.19. The quantitative estimate of drug-likeness (QED) is 0.352. The normalized spacial score (nSPS) is 14.1. The molecule has 0 spiro atoms. The molecule has 3 nitrogen and oxygen atoms in total. The Morgan fingerprint density at radius 1 is 0.935 bits per heavy atom. The Kier molecular flexibility index (Phi) is 5.69. The number of methoxy groups -OCH3 is 1. The molecule has 1 aliphatic rings. The molecule has 0 amide bonds. The Morgan fingerprint density at radius 3 is 2.35 bits per heavy atom. The van der Waals surface area contributed by atoms with E-state index in [4.69, 9.17) is 9.47 Å². The van der Waals surface area contributed by atoms with Gasteiger partial charge in [0.2, 0.25) is 0 Å². The molecule has 3 aromatic rings. The predicted molar refractivity (Wildman–Crippen MR) is 126 cm³/mol. The number of hydrogen-bond acceptors (Lipinski definition) is 3. The summed E-state index contributed by atoms with van der Waals surface area (Å²) in [5.74, 6) is 0.594. The minimum Gasteiger partial charge on any atom is -0.497 e. The van der Waals surface area contributed by atoms with Gasteiger partial charge in [-0.3, -0.25) is 0 Å². The van der Waals surface area contributed by atoms with E-state index in [-0.39, 0.29) is 11.4 Å². The summed E-state index contributed by atoms with van der Waals surface area (Å²) < 4.78 is 10.5. The summed E-state index contributed by atoms with van der Waals surface area (Å²) in [7, 11) is 1.71. The van der Waals surface area contributed by atoms with E-state index in [0.717, 1.165) is 23.3 Å². The lowest BCUT2D eigenvalue weighted by atomic mass is 9.70. The fourth-order valence-electron chi connectivity index (χ4n) is 4.27. The number of rotatable bonds is 5. The van der Waals surface area contributed by atoms with Gasteiger partial charge in [0, 0.05) is 0 Å². The first kappa shape index (κ1) is 20.9. The summed E-state index contributed by atoms with van der Waals surface area (Å²) in [4.78, 5) is 11.8. The smallest absolute Gasteiger partial charge is 0.338 e. The second kappa shape index (κ2) is 8.43. The molecule has 158 valence electrons. The Morgan fingerprint density at radius 2 is 1.65 bits per heavy atom. The van der Waals surface area contributed by atoms with E-state index in [1.54, 1.807) is 19.2 Å². The van der Waals surface area contributed by atoms with Crippen molar-refractivity contribution in [2.45, 2.75) is 32.6 Å². The highest BCUT2D eigenvalue weighted by molar-refractivity contribution is 5.89. The van der Waals surface area contributed by atoms with E-state index in [0.29, 0.717) is 12.2 Å². The van der Waals surface area contributed by atoms with Crippen LogP contribution in [0.3, 0.4) is 0 Å². The van der Waals surface area contributed by atoms with Crippen LogP contribution in [-0.4, -0.2) is 19.7 Å². The summed E-state index contributed by atoms with van der Waals surface area (Å²) in [6, 6.07) is 20.5. The van der Waals surface area contributed by atoms with Crippen LogP contribution in [0.15, 0.2) is 60.7 Å². The summed E-state index contributed by atoms with van der Waals surface area (Å²) in [5.41, 5.74) is 8.07. The van der Waals surface area contributed by atoms with E-state index in [9.17, 15) is 4.79 Å². The van der Waals surface area contributed by atoms with Crippen LogP contribution < -0.4 is 4.74 Å². The first-order valence-corrected chi connectivity index (χ1v) is 10.7. The zero-order chi connectivity index (χ0) is 22.0. The fourth-order valence-corrected chi connectivity index (χ4v) is 4.27. The molecule has 3 heteroatoms. The second-order valence-corrected chi connectivity index (χ2v) is 8.56. The molecular formula is C28H28O3. The maximum absolute atomic E-state index is 11.8. The van der Waals surface area contributed by atoms with Gasteiger partial charge >= 0.3 is 5.97 Å². The number of ether oxygens (including phenoxy) is 2. The van der Waals surface area contributed by atoms with E-state index in [2.05, 4.69) is 56.3 Å². The molecule has 0 fully saturated rings. The highest BCUT2D eigenvalue weighted by Gasteiger charge is 2.31. The molecule has 4 rings (SSSR count). The molecule has 0 N–H and O–H groups in total. The zero-order valence-electron chi connectivity index (χ0n) is 18.6. The minimum atomic E-state index is -0.288. The third kappa shape index (κ3) is 4.27. The van der Waals surface area contributed by atoms with Crippen LogP contribution in [0, 0.1) is 0 Å². The van der Waals surface area contributed by atoms with Crippen LogP contribution in [-0.2, 0) is 16.6 Å². The van der Waals surface area contributed by atoms with Crippen molar-refractivity contribution in [3.8, 4) is 16.9 Å². The van der Waals surface area contributed by atoms with Gasteiger partial charge in [-0.25, -0.2) is 4.79 Å². The van der Waals surface area contributed by atoms with E-state index >= 15 is 0 Å². The van der Waals surface area contributed by atoms with E-state index < -0.39 is 0 Å². The molecule has 0 atom stereocenters. The molecule has 0 unspecified atom stereocenters. The number of hydrogen-bond donors (Lipinski definition) is 0. The maximum Gasteiger partial charge on any atom is 0.338 e. The monoisotopic (exact) mass is 412 g/mol. The topological polar surface area (TPSA) is 35.5 Å². The van der Waals surface area contributed by atoms with Crippen molar-refractivity contribution in [2.75, 3.05) is 13.7 Å². The van der Waals surface area contributed by atoms with Gasteiger partial charge in [0.1, 0.15) is 5.75 Å². The first-order chi connectivity index (χ1) is 14.9. The van der Waals surface area contributed by atoms with Crippen LogP contribution in [0.25, 0.3) is 23.3 Å². The Labute approximate surface area is 184 Å². The molecule has 3 aromatic carbocycles. The van der Waals surface area contributed by atoms with Gasteiger partial charge in [-0.2, -0.15) is 0 Å². The van der Waals surface area contributed by atoms with Gasteiger partial charge in [0.15, 0.2) is 0 Å². The fraction of sp³-hybridized carbons (Fsp3) is 0.250. The SMILES string of the molecule is CCOC(=O)c1ccc(/C=C/c2ccc3c(c2)-c2cc(OC)ccc2CC3(C)C)cc1. The molecule has 0 saturated heterocycles. The molecule has 1 aliphatic carbocycles. The Balaban J connectivity index is 1.65. The molecule has 31 heavy (non-hydrogen) atoms. The lowest BCUT2D eigenvalue weighted by Crippen LogP contribution is -2.25. The molecule has 0 aliphatic heterocycles. The molecule has 0 heterocycles. The largest absolute Gasteiger partial charge is 0.497 e. The van der Waals surface area contributed by atoms with Crippen molar-refractivity contribution >= 4 is 18.1 Å². The van der Waals surface area contributed by atoms with Crippen LogP contribution in [0.5, 0.6) is 5.75 Å². The lowest BCUT2D eigenvalue weighted by molar-refractivity contribution is 0.0526. The lowest BCUT2D eigenvalue weighted by Gasteiger charge is -2.34. The number of fused-ring (bicyclic) bond motifs is 3. The maximum atomic E-state index is 11.8. The third-order valence-corrected chi connectivity index (χ3v) is 5.90. The van der Waals surface area contributed by atoms with Crippen molar-refractivity contribution in [1.82, 2.24) is 0 Å². The van der Waals surface area contributed by atoms with Crippen molar-refractivity contribution in [3.05, 3.63) is 88.5 Å². The van der Waals surface area contributed by atoms with Crippen LogP contribution >= 0.6 is 0 Å². The van der Waals surface area contributed by atoms with Crippen molar-refractivity contribution in [1.29, 1.82) is 0 Å². The molecule has 0 bridgehead atoms. The van der Waals surface area contributed by atoms with Crippen molar-refractivity contribution in [3.63, 3.8) is 0 Å². The van der Waals surface area contributed by atoms with Gasteiger partial charge < -0.3 is 9.47 Å². The molecule has 0 radical (unpaired) electrons. The number of benzene rings is 3. The third-order valence-electron chi connectivity index (χ3n) is 5.90. The number of carbonyl (C=O) groups excluding carboxylic acids is 1. The Bertz CT molecular complexity index is 1140.